The summed E-state index contributed by atoms with van der Waals surface area (Å²) >= 11 is 0. The Balaban J connectivity index is 1.72. The van der Waals surface area contributed by atoms with E-state index in [-0.39, 0.29) is 18.1 Å². The average Bonchev–Trinajstić information content (AvgIpc) is 3.00. The topological polar surface area (TPSA) is 49.7 Å². The van der Waals surface area contributed by atoms with Crippen LogP contribution >= 0.6 is 0 Å². The lowest BCUT2D eigenvalue weighted by Gasteiger charge is -2.37. The predicted octanol–water partition coefficient (Wildman–Crippen LogP) is 3.57. The van der Waals surface area contributed by atoms with Crippen molar-refractivity contribution in [2.45, 2.75) is 44.3 Å². The zero-order valence-corrected chi connectivity index (χ0v) is 14.7. The first-order chi connectivity index (χ1) is 12.0. The number of hydrogen-bond donors (Lipinski definition) is 2. The van der Waals surface area contributed by atoms with Crippen LogP contribution in [-0.4, -0.2) is 29.0 Å². The Morgan fingerprint density at radius 1 is 1.16 bits per heavy atom. The summed E-state index contributed by atoms with van der Waals surface area (Å²) in [5.41, 5.74) is 6.03. The summed E-state index contributed by atoms with van der Waals surface area (Å²) in [6.45, 7) is 4.29. The molecule has 0 bridgehead atoms. The number of fused-ring (bicyclic) bond motifs is 4. The summed E-state index contributed by atoms with van der Waals surface area (Å²) in [6.07, 6.45) is 2.96. The van der Waals surface area contributed by atoms with Gasteiger partial charge in [-0.3, -0.25) is 0 Å². The molecule has 130 valence electrons. The third-order valence-corrected chi connectivity index (χ3v) is 5.48. The Hall–Kier alpha value is -2.10. The molecule has 2 aromatic rings. The van der Waals surface area contributed by atoms with Gasteiger partial charge in [-0.15, -0.1) is 0 Å². The Morgan fingerprint density at radius 3 is 2.76 bits per heavy atom. The molecule has 0 amide bonds. The maximum atomic E-state index is 9.60. The standard InChI is InChI=1S/C22H24O3/c1-22(2)19-11-14(8-10-16(24)13-23)7-9-15(19)12-18-17-5-3-4-6-20(17)25-21(18)22/h3-7,9,11-12,16,21,23-24H,8,10,13H2,1-2H3. The van der Waals surface area contributed by atoms with Crippen molar-refractivity contribution in [1.29, 1.82) is 0 Å². The number of benzene rings is 2. The second-order valence-electron chi connectivity index (χ2n) is 7.61. The van der Waals surface area contributed by atoms with Gasteiger partial charge in [0.1, 0.15) is 11.9 Å². The highest BCUT2D eigenvalue weighted by molar-refractivity contribution is 5.92. The smallest absolute Gasteiger partial charge is 0.134 e. The third kappa shape index (κ3) is 2.68. The minimum atomic E-state index is -0.650. The first kappa shape index (κ1) is 16.4. The molecule has 0 aromatic heterocycles. The number of aryl methyl sites for hydroxylation is 1. The van der Waals surface area contributed by atoms with Crippen molar-refractivity contribution >= 4 is 11.6 Å². The molecular formula is C22H24O3. The summed E-state index contributed by atoms with van der Waals surface area (Å²) in [7, 11) is 0. The molecule has 1 aliphatic carbocycles. The molecule has 2 aromatic carbocycles. The van der Waals surface area contributed by atoms with Gasteiger partial charge in [0.2, 0.25) is 0 Å². The summed E-state index contributed by atoms with van der Waals surface area (Å²) in [5, 5.41) is 18.6. The summed E-state index contributed by atoms with van der Waals surface area (Å²) in [6, 6.07) is 14.8. The van der Waals surface area contributed by atoms with Gasteiger partial charge in [-0.25, -0.2) is 0 Å². The van der Waals surface area contributed by atoms with Gasteiger partial charge in [0.25, 0.3) is 0 Å². The Labute approximate surface area is 148 Å². The molecule has 25 heavy (non-hydrogen) atoms. The van der Waals surface area contributed by atoms with Gasteiger partial charge in [0, 0.05) is 16.6 Å². The maximum Gasteiger partial charge on any atom is 0.134 e. The van der Waals surface area contributed by atoms with Crippen LogP contribution in [0.3, 0.4) is 0 Å². The number of aliphatic hydroxyl groups is 2. The van der Waals surface area contributed by atoms with Crippen LogP contribution < -0.4 is 4.74 Å². The van der Waals surface area contributed by atoms with Gasteiger partial charge in [-0.2, -0.15) is 0 Å². The SMILES string of the molecule is CC1(C)c2cc(CCC(O)CO)ccc2C=C2c3ccccc3OC21. The summed E-state index contributed by atoms with van der Waals surface area (Å²) in [4.78, 5) is 0. The lowest BCUT2D eigenvalue weighted by atomic mass is 9.69. The molecule has 0 fully saturated rings. The van der Waals surface area contributed by atoms with E-state index in [1.165, 1.54) is 27.8 Å². The summed E-state index contributed by atoms with van der Waals surface area (Å²) in [5.74, 6) is 0.964. The van der Waals surface area contributed by atoms with E-state index >= 15 is 0 Å². The summed E-state index contributed by atoms with van der Waals surface area (Å²) < 4.78 is 6.30. The van der Waals surface area contributed by atoms with Crippen molar-refractivity contribution in [3.05, 3.63) is 64.7 Å². The second-order valence-corrected chi connectivity index (χ2v) is 7.61. The Kier molecular flexibility index (Phi) is 3.94. The monoisotopic (exact) mass is 336 g/mol. The minimum absolute atomic E-state index is 0.0238. The lowest BCUT2D eigenvalue weighted by molar-refractivity contribution is 0.0885. The van der Waals surface area contributed by atoms with Crippen molar-refractivity contribution in [2.24, 2.45) is 0 Å². The molecule has 2 atom stereocenters. The predicted molar refractivity (Wildman–Crippen MR) is 99.6 cm³/mol. The van der Waals surface area contributed by atoms with Crippen LogP contribution in [0, 0.1) is 0 Å². The van der Waals surface area contributed by atoms with Crippen LogP contribution in [0.5, 0.6) is 5.75 Å². The highest BCUT2D eigenvalue weighted by Gasteiger charge is 2.44. The van der Waals surface area contributed by atoms with Gasteiger partial charge >= 0.3 is 0 Å². The third-order valence-electron chi connectivity index (χ3n) is 5.48. The van der Waals surface area contributed by atoms with Crippen LogP contribution in [-0.2, 0) is 11.8 Å². The molecule has 3 heteroatoms. The molecule has 4 rings (SSSR count). The molecular weight excluding hydrogens is 312 g/mol. The second kappa shape index (κ2) is 6.01. The highest BCUT2D eigenvalue weighted by atomic mass is 16.5. The van der Waals surface area contributed by atoms with Crippen LogP contribution in [0.4, 0.5) is 0 Å². The molecule has 0 radical (unpaired) electrons. The number of hydrogen-bond acceptors (Lipinski definition) is 3. The first-order valence-corrected chi connectivity index (χ1v) is 8.90. The van der Waals surface area contributed by atoms with Crippen LogP contribution in [0.2, 0.25) is 0 Å². The minimum Gasteiger partial charge on any atom is -0.484 e. The van der Waals surface area contributed by atoms with Crippen molar-refractivity contribution in [1.82, 2.24) is 0 Å². The Bertz CT molecular complexity index is 835. The highest BCUT2D eigenvalue weighted by Crippen LogP contribution is 2.50. The van der Waals surface area contributed by atoms with E-state index < -0.39 is 6.10 Å². The number of para-hydroxylation sites is 1. The number of ether oxygens (including phenoxy) is 1. The fraction of sp³-hybridized carbons (Fsp3) is 0.364. The lowest BCUT2D eigenvalue weighted by Crippen LogP contribution is -2.39. The van der Waals surface area contributed by atoms with Gasteiger partial charge in [0.05, 0.1) is 12.7 Å². The van der Waals surface area contributed by atoms with E-state index in [4.69, 9.17) is 9.84 Å². The zero-order chi connectivity index (χ0) is 17.6. The Morgan fingerprint density at radius 2 is 1.96 bits per heavy atom. The van der Waals surface area contributed by atoms with Crippen molar-refractivity contribution in [2.75, 3.05) is 6.61 Å². The fourth-order valence-electron chi connectivity index (χ4n) is 4.01. The molecule has 0 spiro atoms. The van der Waals surface area contributed by atoms with Crippen molar-refractivity contribution in [3.8, 4) is 5.75 Å². The molecule has 1 heterocycles. The van der Waals surface area contributed by atoms with Crippen LogP contribution in [0.25, 0.3) is 11.6 Å². The molecule has 3 nitrogen and oxygen atoms in total. The number of aliphatic hydroxyl groups excluding tert-OH is 2. The molecule has 2 N–H and O–H groups in total. The molecule has 0 saturated carbocycles. The molecule has 0 saturated heterocycles. The number of rotatable bonds is 4. The van der Waals surface area contributed by atoms with Crippen LogP contribution in [0.1, 0.15) is 42.5 Å². The fourth-order valence-corrected chi connectivity index (χ4v) is 4.01. The van der Waals surface area contributed by atoms with E-state index in [0.29, 0.717) is 6.42 Å². The van der Waals surface area contributed by atoms with Crippen molar-refractivity contribution < 1.29 is 14.9 Å². The van der Waals surface area contributed by atoms with E-state index in [1.54, 1.807) is 0 Å². The average molecular weight is 336 g/mol. The van der Waals surface area contributed by atoms with Crippen molar-refractivity contribution in [3.63, 3.8) is 0 Å². The first-order valence-electron chi connectivity index (χ1n) is 8.90. The quantitative estimate of drug-likeness (QED) is 0.897. The van der Waals surface area contributed by atoms with Gasteiger partial charge in [-0.1, -0.05) is 50.2 Å². The maximum absolute atomic E-state index is 9.60. The normalized spacial score (nSPS) is 20.8. The van der Waals surface area contributed by atoms with Gasteiger partial charge < -0.3 is 14.9 Å². The van der Waals surface area contributed by atoms with Gasteiger partial charge in [-0.05, 0) is 41.7 Å². The van der Waals surface area contributed by atoms with Crippen LogP contribution in [0.15, 0.2) is 42.5 Å². The van der Waals surface area contributed by atoms with E-state index in [9.17, 15) is 5.11 Å². The van der Waals surface area contributed by atoms with E-state index in [2.05, 4.69) is 50.3 Å². The van der Waals surface area contributed by atoms with Gasteiger partial charge in [0.15, 0.2) is 0 Å². The molecule has 1 aliphatic heterocycles. The largest absolute Gasteiger partial charge is 0.484 e. The zero-order valence-electron chi connectivity index (χ0n) is 14.7. The van der Waals surface area contributed by atoms with E-state index in [0.717, 1.165) is 12.2 Å². The molecule has 2 aliphatic rings. The van der Waals surface area contributed by atoms with E-state index in [1.807, 2.05) is 12.1 Å². The molecule has 2 unspecified atom stereocenters.